The Bertz CT molecular complexity index is 707. The summed E-state index contributed by atoms with van der Waals surface area (Å²) in [4.78, 5) is 22.7. The fourth-order valence-electron chi connectivity index (χ4n) is 1.46. The van der Waals surface area contributed by atoms with E-state index in [0.717, 1.165) is 0 Å². The van der Waals surface area contributed by atoms with Crippen molar-refractivity contribution in [1.29, 1.82) is 0 Å². The van der Waals surface area contributed by atoms with Crippen molar-refractivity contribution >= 4 is 27.6 Å². The van der Waals surface area contributed by atoms with Gasteiger partial charge < -0.3 is 10.4 Å². The first-order chi connectivity index (χ1) is 9.70. The van der Waals surface area contributed by atoms with Crippen molar-refractivity contribution in [3.63, 3.8) is 0 Å². The monoisotopic (exact) mass is 312 g/mol. The van der Waals surface area contributed by atoms with E-state index in [2.05, 4.69) is 10.0 Å². The van der Waals surface area contributed by atoms with Crippen LogP contribution in [0.15, 0.2) is 40.3 Å². The highest BCUT2D eigenvalue weighted by Gasteiger charge is 2.19. The van der Waals surface area contributed by atoms with E-state index in [9.17, 15) is 18.0 Å². The van der Waals surface area contributed by atoms with Crippen LogP contribution >= 0.6 is 0 Å². The second-order valence-electron chi connectivity index (χ2n) is 4.21. The first kappa shape index (κ1) is 16.9. The minimum Gasteiger partial charge on any atom is -0.478 e. The number of hydrogen-bond donors (Lipinski definition) is 3. The van der Waals surface area contributed by atoms with Crippen LogP contribution in [0.2, 0.25) is 0 Å². The van der Waals surface area contributed by atoms with Gasteiger partial charge in [0, 0.05) is 11.1 Å². The quantitative estimate of drug-likeness (QED) is 0.701. The number of amides is 1. The smallest absolute Gasteiger partial charge is 0.331 e. The molecule has 114 valence electrons. The third kappa shape index (κ3) is 3.89. The third-order valence-corrected chi connectivity index (χ3v) is 4.39. The lowest BCUT2D eigenvalue weighted by Crippen LogP contribution is -2.22. The molecule has 0 unspecified atom stereocenters. The third-order valence-electron chi connectivity index (χ3n) is 2.92. The maximum Gasteiger partial charge on any atom is 0.331 e. The van der Waals surface area contributed by atoms with Crippen LogP contribution in [0.25, 0.3) is 0 Å². The Hall–Kier alpha value is -2.19. The highest BCUT2D eigenvalue weighted by Crippen LogP contribution is 2.21. The molecule has 0 heterocycles. The molecule has 0 aliphatic carbocycles. The molecular weight excluding hydrogens is 296 g/mol. The number of anilines is 1. The second-order valence-corrected chi connectivity index (χ2v) is 6.07. The number of carbonyl (C=O) groups is 2. The topological polar surface area (TPSA) is 113 Å². The Labute approximate surface area is 122 Å². The zero-order chi connectivity index (χ0) is 16.2. The average Bonchev–Trinajstić information content (AvgIpc) is 2.45. The normalized spacial score (nSPS) is 12.5. The van der Waals surface area contributed by atoms with Gasteiger partial charge >= 0.3 is 5.97 Å². The molecule has 0 aliphatic heterocycles. The molecule has 0 aliphatic rings. The lowest BCUT2D eigenvalue weighted by molar-refractivity contribution is -0.133. The van der Waals surface area contributed by atoms with Gasteiger partial charge in [-0.3, -0.25) is 4.79 Å². The molecule has 21 heavy (non-hydrogen) atoms. The molecule has 3 N–H and O–H groups in total. The zero-order valence-corrected chi connectivity index (χ0v) is 12.6. The van der Waals surface area contributed by atoms with Crippen LogP contribution in [0.1, 0.15) is 13.8 Å². The summed E-state index contributed by atoms with van der Waals surface area (Å²) in [6.45, 7) is 2.65. The van der Waals surface area contributed by atoms with Gasteiger partial charge in [-0.1, -0.05) is 12.1 Å². The molecule has 7 nitrogen and oxygen atoms in total. The molecule has 1 aromatic rings. The molecule has 0 saturated heterocycles. The number of rotatable bonds is 5. The molecule has 0 atom stereocenters. The molecule has 0 aromatic heterocycles. The van der Waals surface area contributed by atoms with Gasteiger partial charge in [-0.15, -0.1) is 0 Å². The standard InChI is InChI=1S/C13H16N2O5S/c1-8(9(2)13(17)18)12(16)15-10-6-4-5-7-11(10)21(19,20)14-3/h4-7,14H,1-3H3,(H,15,16)(H,17,18). The Morgan fingerprint density at radius 3 is 2.19 bits per heavy atom. The van der Waals surface area contributed by atoms with Gasteiger partial charge in [0.15, 0.2) is 0 Å². The molecule has 0 spiro atoms. The van der Waals surface area contributed by atoms with Gasteiger partial charge in [-0.25, -0.2) is 17.9 Å². The summed E-state index contributed by atoms with van der Waals surface area (Å²) < 4.78 is 25.8. The Balaban J connectivity index is 3.20. The van der Waals surface area contributed by atoms with Crippen LogP contribution in [0.5, 0.6) is 0 Å². The highest BCUT2D eigenvalue weighted by atomic mass is 32.2. The summed E-state index contributed by atoms with van der Waals surface area (Å²) in [7, 11) is -2.48. The van der Waals surface area contributed by atoms with Crippen LogP contribution in [-0.2, 0) is 19.6 Å². The van der Waals surface area contributed by atoms with Crippen LogP contribution in [0.4, 0.5) is 5.69 Å². The average molecular weight is 312 g/mol. The van der Waals surface area contributed by atoms with E-state index >= 15 is 0 Å². The number of carboxylic acids is 1. The highest BCUT2D eigenvalue weighted by molar-refractivity contribution is 7.89. The first-order valence-corrected chi connectivity index (χ1v) is 7.43. The lowest BCUT2D eigenvalue weighted by Gasteiger charge is -2.11. The SMILES string of the molecule is CNS(=O)(=O)c1ccccc1NC(=O)C(C)=C(C)C(=O)O. The van der Waals surface area contributed by atoms with Crippen LogP contribution < -0.4 is 10.0 Å². The molecular formula is C13H16N2O5S. The predicted octanol–water partition coefficient (Wildman–Crippen LogP) is 0.954. The first-order valence-electron chi connectivity index (χ1n) is 5.95. The van der Waals surface area contributed by atoms with E-state index in [1.165, 1.54) is 39.1 Å². The van der Waals surface area contributed by atoms with Crippen molar-refractivity contribution < 1.29 is 23.1 Å². The second kappa shape index (κ2) is 6.51. The van der Waals surface area contributed by atoms with Gasteiger partial charge in [-0.05, 0) is 33.0 Å². The predicted molar refractivity (Wildman–Crippen MR) is 77.3 cm³/mol. The maximum absolute atomic E-state index is 12.0. The molecule has 0 bridgehead atoms. The van der Waals surface area contributed by atoms with Gasteiger partial charge in [0.25, 0.3) is 5.91 Å². The van der Waals surface area contributed by atoms with Crippen LogP contribution in [0, 0.1) is 0 Å². The number of aliphatic carboxylic acids is 1. The van der Waals surface area contributed by atoms with Crippen molar-refractivity contribution in [3.05, 3.63) is 35.4 Å². The summed E-state index contributed by atoms with van der Waals surface area (Å²) in [6.07, 6.45) is 0. The van der Waals surface area contributed by atoms with Crippen molar-refractivity contribution in [3.8, 4) is 0 Å². The minimum atomic E-state index is -3.73. The number of sulfonamides is 1. The van der Waals surface area contributed by atoms with Crippen LogP contribution in [-0.4, -0.2) is 32.4 Å². The van der Waals surface area contributed by atoms with E-state index in [1.807, 2.05) is 0 Å². The molecule has 8 heteroatoms. The summed E-state index contributed by atoms with van der Waals surface area (Å²) in [5, 5.41) is 11.3. The van der Waals surface area contributed by atoms with E-state index in [-0.39, 0.29) is 21.7 Å². The lowest BCUT2D eigenvalue weighted by atomic mass is 10.1. The van der Waals surface area contributed by atoms with Gasteiger partial charge in [0.1, 0.15) is 4.90 Å². The van der Waals surface area contributed by atoms with Crippen molar-refractivity contribution in [2.75, 3.05) is 12.4 Å². The number of hydrogen-bond acceptors (Lipinski definition) is 4. The molecule has 1 amide bonds. The zero-order valence-electron chi connectivity index (χ0n) is 11.8. The van der Waals surface area contributed by atoms with Gasteiger partial charge in [0.2, 0.25) is 10.0 Å². The van der Waals surface area contributed by atoms with Crippen molar-refractivity contribution in [1.82, 2.24) is 4.72 Å². The number of nitrogens with one attached hydrogen (secondary N) is 2. The van der Waals surface area contributed by atoms with E-state index in [4.69, 9.17) is 5.11 Å². The number of para-hydroxylation sites is 1. The van der Waals surface area contributed by atoms with E-state index < -0.39 is 21.9 Å². The minimum absolute atomic E-state index is 0.000779. The molecule has 1 aromatic carbocycles. The number of carboxylic acid groups (broad SMARTS) is 1. The summed E-state index contributed by atoms with van der Waals surface area (Å²) in [5.74, 6) is -1.88. The Morgan fingerprint density at radius 1 is 1.10 bits per heavy atom. The van der Waals surface area contributed by atoms with Crippen molar-refractivity contribution in [2.24, 2.45) is 0 Å². The maximum atomic E-state index is 12.0. The summed E-state index contributed by atoms with van der Waals surface area (Å²) in [5.41, 5.74) is -0.0324. The van der Waals surface area contributed by atoms with Gasteiger partial charge in [0.05, 0.1) is 5.69 Å². The molecule has 1 rings (SSSR count). The summed E-state index contributed by atoms with van der Waals surface area (Å²) in [6, 6.07) is 5.84. The number of benzene rings is 1. The van der Waals surface area contributed by atoms with E-state index in [0.29, 0.717) is 0 Å². The van der Waals surface area contributed by atoms with Gasteiger partial charge in [-0.2, -0.15) is 0 Å². The summed E-state index contributed by atoms with van der Waals surface area (Å²) >= 11 is 0. The van der Waals surface area contributed by atoms with E-state index in [1.54, 1.807) is 6.07 Å². The fraction of sp³-hybridized carbons (Fsp3) is 0.231. The Kier molecular flexibility index (Phi) is 5.23. The largest absolute Gasteiger partial charge is 0.478 e. The molecule has 0 radical (unpaired) electrons. The Morgan fingerprint density at radius 2 is 1.67 bits per heavy atom. The van der Waals surface area contributed by atoms with Crippen LogP contribution in [0.3, 0.4) is 0 Å². The molecule has 0 fully saturated rings. The van der Waals surface area contributed by atoms with Crippen molar-refractivity contribution in [2.45, 2.75) is 18.7 Å². The fourth-order valence-corrected chi connectivity index (χ4v) is 2.35. The number of carbonyl (C=O) groups excluding carboxylic acids is 1. The molecule has 0 saturated carbocycles.